The number of carbonyl (C=O) groups excluding carboxylic acids is 2. The van der Waals surface area contributed by atoms with E-state index in [1.165, 1.54) is 0 Å². The Kier molecular flexibility index (Phi) is 8.52. The first-order valence-electron chi connectivity index (χ1n) is 9.72. The van der Waals surface area contributed by atoms with Crippen LogP contribution in [0.2, 0.25) is 5.02 Å². The molecule has 0 saturated carbocycles. The van der Waals surface area contributed by atoms with Gasteiger partial charge in [-0.15, -0.1) is 0 Å². The fourth-order valence-corrected chi connectivity index (χ4v) is 3.00. The zero-order valence-electron chi connectivity index (χ0n) is 16.8. The fourth-order valence-electron chi connectivity index (χ4n) is 2.87. The third kappa shape index (κ3) is 7.01. The summed E-state index contributed by atoms with van der Waals surface area (Å²) in [4.78, 5) is 27.3. The molecule has 1 N–H and O–H groups in total. The zero-order chi connectivity index (χ0) is 20.5. The van der Waals surface area contributed by atoms with E-state index in [9.17, 15) is 9.59 Å². The lowest BCUT2D eigenvalue weighted by molar-refractivity contribution is -0.140. The molecular weight excluding hydrogens is 372 g/mol. The summed E-state index contributed by atoms with van der Waals surface area (Å²) >= 11 is 5.93. The van der Waals surface area contributed by atoms with Crippen molar-refractivity contribution in [3.05, 3.63) is 70.7 Å². The Morgan fingerprint density at radius 1 is 0.964 bits per heavy atom. The lowest BCUT2D eigenvalue weighted by atomic mass is 10.1. The van der Waals surface area contributed by atoms with Gasteiger partial charge in [-0.1, -0.05) is 67.9 Å². The predicted octanol–water partition coefficient (Wildman–Crippen LogP) is 4.46. The molecule has 2 aromatic rings. The Bertz CT molecular complexity index is 760. The van der Waals surface area contributed by atoms with E-state index in [0.29, 0.717) is 24.0 Å². The SMILES string of the molecule is CC(C)CCNC(=O)[C@@H](C)N(Cc1ccccc1)C(=O)Cc1ccc(Cl)cc1. The van der Waals surface area contributed by atoms with Crippen molar-refractivity contribution < 1.29 is 9.59 Å². The first-order chi connectivity index (χ1) is 13.4. The summed E-state index contributed by atoms with van der Waals surface area (Å²) in [7, 11) is 0. The Morgan fingerprint density at radius 3 is 2.21 bits per heavy atom. The van der Waals surface area contributed by atoms with Gasteiger partial charge in [0, 0.05) is 18.1 Å². The number of halogens is 1. The molecule has 2 aromatic carbocycles. The molecule has 0 radical (unpaired) electrons. The molecule has 0 unspecified atom stereocenters. The molecule has 0 fully saturated rings. The molecule has 4 nitrogen and oxygen atoms in total. The Morgan fingerprint density at radius 2 is 1.61 bits per heavy atom. The molecule has 2 rings (SSSR count). The molecule has 28 heavy (non-hydrogen) atoms. The van der Waals surface area contributed by atoms with Crippen LogP contribution in [0, 0.1) is 5.92 Å². The third-order valence-electron chi connectivity index (χ3n) is 4.65. The predicted molar refractivity (Wildman–Crippen MR) is 114 cm³/mol. The first kappa shape index (κ1) is 22.0. The maximum atomic E-state index is 13.0. The number of nitrogens with one attached hydrogen (secondary N) is 1. The normalized spacial score (nSPS) is 11.9. The van der Waals surface area contributed by atoms with Crippen molar-refractivity contribution in [2.45, 2.75) is 46.2 Å². The van der Waals surface area contributed by atoms with Crippen molar-refractivity contribution in [3.8, 4) is 0 Å². The van der Waals surface area contributed by atoms with E-state index in [1.807, 2.05) is 42.5 Å². The van der Waals surface area contributed by atoms with Crippen LogP contribution in [0.25, 0.3) is 0 Å². The Hall–Kier alpha value is -2.33. The van der Waals surface area contributed by atoms with Gasteiger partial charge in [-0.25, -0.2) is 0 Å². The largest absolute Gasteiger partial charge is 0.354 e. The Labute approximate surface area is 172 Å². The molecule has 2 amide bonds. The fraction of sp³-hybridized carbons (Fsp3) is 0.391. The second kappa shape index (κ2) is 10.9. The molecule has 1 atom stereocenters. The van der Waals surface area contributed by atoms with Gasteiger partial charge in [-0.3, -0.25) is 9.59 Å². The van der Waals surface area contributed by atoms with Gasteiger partial charge in [0.05, 0.1) is 6.42 Å². The highest BCUT2D eigenvalue weighted by Gasteiger charge is 2.26. The first-order valence-corrected chi connectivity index (χ1v) is 10.1. The van der Waals surface area contributed by atoms with Crippen LogP contribution < -0.4 is 5.32 Å². The van der Waals surface area contributed by atoms with Crippen molar-refractivity contribution in [3.63, 3.8) is 0 Å². The van der Waals surface area contributed by atoms with E-state index in [4.69, 9.17) is 11.6 Å². The van der Waals surface area contributed by atoms with E-state index in [-0.39, 0.29) is 18.2 Å². The van der Waals surface area contributed by atoms with Crippen molar-refractivity contribution in [2.24, 2.45) is 5.92 Å². The quantitative estimate of drug-likeness (QED) is 0.675. The van der Waals surface area contributed by atoms with Crippen molar-refractivity contribution in [1.29, 1.82) is 0 Å². The van der Waals surface area contributed by atoms with Gasteiger partial charge in [0.1, 0.15) is 6.04 Å². The zero-order valence-corrected chi connectivity index (χ0v) is 17.6. The summed E-state index contributed by atoms with van der Waals surface area (Å²) in [5, 5.41) is 3.59. The highest BCUT2D eigenvalue weighted by molar-refractivity contribution is 6.30. The number of carbonyl (C=O) groups is 2. The minimum absolute atomic E-state index is 0.0855. The van der Waals surface area contributed by atoms with Crippen LogP contribution in [0.3, 0.4) is 0 Å². The third-order valence-corrected chi connectivity index (χ3v) is 4.90. The molecule has 0 heterocycles. The number of hydrogen-bond donors (Lipinski definition) is 1. The molecule has 0 aliphatic heterocycles. The molecule has 0 aromatic heterocycles. The summed E-state index contributed by atoms with van der Waals surface area (Å²) in [5.41, 5.74) is 1.87. The lowest BCUT2D eigenvalue weighted by Gasteiger charge is -2.29. The second-order valence-electron chi connectivity index (χ2n) is 7.46. The number of nitrogens with zero attached hydrogens (tertiary/aromatic N) is 1. The standard InChI is InChI=1S/C23H29ClN2O2/c1-17(2)13-14-25-23(28)18(3)26(16-20-7-5-4-6-8-20)22(27)15-19-9-11-21(24)12-10-19/h4-12,17-18H,13-16H2,1-3H3,(H,25,28)/t18-/m1/s1. The van der Waals surface area contributed by atoms with Crippen LogP contribution in [0.5, 0.6) is 0 Å². The summed E-state index contributed by atoms with van der Waals surface area (Å²) in [5.74, 6) is 0.307. The van der Waals surface area contributed by atoms with Crippen LogP contribution in [0.1, 0.15) is 38.3 Å². The van der Waals surface area contributed by atoms with Gasteiger partial charge in [0.15, 0.2) is 0 Å². The molecule has 150 valence electrons. The van der Waals surface area contributed by atoms with E-state index in [2.05, 4.69) is 19.2 Å². The highest BCUT2D eigenvalue weighted by atomic mass is 35.5. The van der Waals surface area contributed by atoms with Crippen LogP contribution >= 0.6 is 11.6 Å². The molecule has 0 bridgehead atoms. The molecule has 5 heteroatoms. The van der Waals surface area contributed by atoms with E-state index >= 15 is 0 Å². The van der Waals surface area contributed by atoms with Crippen molar-refractivity contribution in [2.75, 3.05) is 6.54 Å². The smallest absolute Gasteiger partial charge is 0.242 e. The van der Waals surface area contributed by atoms with Crippen LogP contribution in [0.15, 0.2) is 54.6 Å². The van der Waals surface area contributed by atoms with Gasteiger partial charge in [0.2, 0.25) is 11.8 Å². The summed E-state index contributed by atoms with van der Waals surface area (Å²) in [6.45, 7) is 7.03. The number of rotatable bonds is 9. The minimum Gasteiger partial charge on any atom is -0.354 e. The van der Waals surface area contributed by atoms with Gasteiger partial charge < -0.3 is 10.2 Å². The summed E-state index contributed by atoms with van der Waals surface area (Å²) in [6.07, 6.45) is 1.14. The van der Waals surface area contributed by atoms with Crippen LogP contribution in [-0.4, -0.2) is 29.3 Å². The topological polar surface area (TPSA) is 49.4 Å². The van der Waals surface area contributed by atoms with E-state index in [0.717, 1.165) is 17.5 Å². The Balaban J connectivity index is 2.12. The summed E-state index contributed by atoms with van der Waals surface area (Å²) in [6, 6.07) is 16.4. The monoisotopic (exact) mass is 400 g/mol. The number of hydrogen-bond acceptors (Lipinski definition) is 2. The van der Waals surface area contributed by atoms with E-state index < -0.39 is 6.04 Å². The second-order valence-corrected chi connectivity index (χ2v) is 7.90. The average molecular weight is 401 g/mol. The molecule has 0 spiro atoms. The van der Waals surface area contributed by atoms with Crippen LogP contribution in [-0.2, 0) is 22.6 Å². The van der Waals surface area contributed by atoms with Crippen LogP contribution in [0.4, 0.5) is 0 Å². The number of amides is 2. The molecule has 0 aliphatic carbocycles. The average Bonchev–Trinajstić information content (AvgIpc) is 2.67. The maximum Gasteiger partial charge on any atom is 0.242 e. The maximum absolute atomic E-state index is 13.0. The molecular formula is C23H29ClN2O2. The highest BCUT2D eigenvalue weighted by Crippen LogP contribution is 2.14. The van der Waals surface area contributed by atoms with Gasteiger partial charge in [0.25, 0.3) is 0 Å². The lowest BCUT2D eigenvalue weighted by Crippen LogP contribution is -2.48. The number of benzene rings is 2. The molecule has 0 saturated heterocycles. The minimum atomic E-state index is -0.549. The van der Waals surface area contributed by atoms with Crippen molar-refractivity contribution >= 4 is 23.4 Å². The van der Waals surface area contributed by atoms with Gasteiger partial charge in [-0.05, 0) is 42.5 Å². The van der Waals surface area contributed by atoms with Crippen molar-refractivity contribution in [1.82, 2.24) is 10.2 Å². The molecule has 0 aliphatic rings. The van der Waals surface area contributed by atoms with E-state index in [1.54, 1.807) is 24.0 Å². The summed E-state index contributed by atoms with van der Waals surface area (Å²) < 4.78 is 0. The van der Waals surface area contributed by atoms with Gasteiger partial charge >= 0.3 is 0 Å². The van der Waals surface area contributed by atoms with Gasteiger partial charge in [-0.2, -0.15) is 0 Å².